The third-order valence-electron chi connectivity index (χ3n) is 2.45. The Kier molecular flexibility index (Phi) is 3.95. The summed E-state index contributed by atoms with van der Waals surface area (Å²) in [4.78, 5) is 11.9. The molecule has 1 atom stereocenters. The average Bonchev–Trinajstić information content (AvgIpc) is 2.41. The molecule has 0 aliphatic rings. The number of carbonyl (C=O) groups excluding carboxylic acids is 1. The number of carbonyl (C=O) groups is 1. The van der Waals surface area contributed by atoms with E-state index in [4.69, 9.17) is 11.6 Å². The zero-order chi connectivity index (χ0) is 13.0. The van der Waals surface area contributed by atoms with Crippen molar-refractivity contribution in [1.29, 1.82) is 0 Å². The molecule has 2 aromatic carbocycles. The summed E-state index contributed by atoms with van der Waals surface area (Å²) in [5.74, 6) is -0.934. The molecule has 0 unspecified atom stereocenters. The van der Waals surface area contributed by atoms with E-state index in [-0.39, 0.29) is 5.69 Å². The maximum Gasteiger partial charge on any atom is 0.247 e. The Balaban J connectivity index is 2.12. The second-order valence-electron chi connectivity index (χ2n) is 3.74. The van der Waals surface area contributed by atoms with Gasteiger partial charge in [0, 0.05) is 0 Å². The number of hydrogen-bond donors (Lipinski definition) is 1. The van der Waals surface area contributed by atoms with E-state index in [2.05, 4.69) is 5.32 Å². The van der Waals surface area contributed by atoms with E-state index < -0.39 is 17.1 Å². The summed E-state index contributed by atoms with van der Waals surface area (Å²) < 4.78 is 13.4. The quantitative estimate of drug-likeness (QED) is 0.840. The van der Waals surface area contributed by atoms with Crippen molar-refractivity contribution < 1.29 is 9.18 Å². The third kappa shape index (κ3) is 2.87. The van der Waals surface area contributed by atoms with Gasteiger partial charge in [-0.25, -0.2) is 4.39 Å². The van der Waals surface area contributed by atoms with Gasteiger partial charge in [0.1, 0.15) is 11.2 Å². The number of rotatable bonds is 3. The van der Waals surface area contributed by atoms with Gasteiger partial charge in [-0.2, -0.15) is 0 Å². The van der Waals surface area contributed by atoms with Crippen molar-refractivity contribution in [2.24, 2.45) is 0 Å². The Labute approximate surface area is 109 Å². The SMILES string of the molecule is O=C(Nc1ccccc1F)[C@@H](Cl)c1ccccc1. The molecule has 1 amide bonds. The number of halogens is 2. The normalized spacial score (nSPS) is 11.9. The van der Waals surface area contributed by atoms with Crippen LogP contribution in [0, 0.1) is 5.82 Å². The molecular formula is C14H11ClFNO. The van der Waals surface area contributed by atoms with Gasteiger partial charge in [0.15, 0.2) is 0 Å². The number of alkyl halides is 1. The molecule has 0 aliphatic heterocycles. The minimum absolute atomic E-state index is 0.129. The van der Waals surface area contributed by atoms with Crippen LogP contribution >= 0.6 is 11.6 Å². The molecule has 0 aromatic heterocycles. The molecule has 0 radical (unpaired) electrons. The van der Waals surface area contributed by atoms with Gasteiger partial charge in [-0.3, -0.25) is 4.79 Å². The zero-order valence-corrected chi connectivity index (χ0v) is 10.2. The predicted molar refractivity (Wildman–Crippen MR) is 70.1 cm³/mol. The first-order chi connectivity index (χ1) is 8.68. The molecule has 0 fully saturated rings. The largest absolute Gasteiger partial charge is 0.322 e. The van der Waals surface area contributed by atoms with Crippen molar-refractivity contribution >= 4 is 23.2 Å². The van der Waals surface area contributed by atoms with Gasteiger partial charge in [-0.05, 0) is 17.7 Å². The van der Waals surface area contributed by atoms with Crippen molar-refractivity contribution in [2.45, 2.75) is 5.38 Å². The summed E-state index contributed by atoms with van der Waals surface area (Å²) in [5, 5.41) is 1.62. The number of hydrogen-bond acceptors (Lipinski definition) is 1. The predicted octanol–water partition coefficient (Wildman–Crippen LogP) is 3.74. The van der Waals surface area contributed by atoms with Crippen LogP contribution in [-0.4, -0.2) is 5.91 Å². The van der Waals surface area contributed by atoms with Gasteiger partial charge < -0.3 is 5.32 Å². The van der Waals surface area contributed by atoms with Crippen LogP contribution in [0.2, 0.25) is 0 Å². The second-order valence-corrected chi connectivity index (χ2v) is 4.18. The second kappa shape index (κ2) is 5.65. The molecule has 18 heavy (non-hydrogen) atoms. The highest BCUT2D eigenvalue weighted by molar-refractivity contribution is 6.32. The van der Waals surface area contributed by atoms with Crippen LogP contribution in [-0.2, 0) is 4.79 Å². The topological polar surface area (TPSA) is 29.1 Å². The Morgan fingerprint density at radius 1 is 1.06 bits per heavy atom. The average molecular weight is 264 g/mol. The summed E-state index contributed by atoms with van der Waals surface area (Å²) in [6.45, 7) is 0. The van der Waals surface area contributed by atoms with Crippen molar-refractivity contribution in [1.82, 2.24) is 0 Å². The van der Waals surface area contributed by atoms with Gasteiger partial charge >= 0.3 is 0 Å². The number of para-hydroxylation sites is 1. The van der Waals surface area contributed by atoms with Crippen LogP contribution in [0.15, 0.2) is 54.6 Å². The molecule has 0 saturated carbocycles. The molecule has 2 nitrogen and oxygen atoms in total. The first-order valence-corrected chi connectivity index (χ1v) is 5.86. The third-order valence-corrected chi connectivity index (χ3v) is 2.90. The standard InChI is InChI=1S/C14H11ClFNO/c15-13(10-6-2-1-3-7-10)14(18)17-12-9-5-4-8-11(12)16/h1-9,13H,(H,17,18)/t13-/m0/s1. The van der Waals surface area contributed by atoms with Gasteiger partial charge in [-0.15, -0.1) is 11.6 Å². The lowest BCUT2D eigenvalue weighted by Gasteiger charge is -2.11. The molecule has 1 N–H and O–H groups in total. The highest BCUT2D eigenvalue weighted by Crippen LogP contribution is 2.22. The van der Waals surface area contributed by atoms with Crippen LogP contribution in [0.5, 0.6) is 0 Å². The monoisotopic (exact) mass is 263 g/mol. The van der Waals surface area contributed by atoms with Gasteiger partial charge in [-0.1, -0.05) is 42.5 Å². The van der Waals surface area contributed by atoms with Crippen LogP contribution in [0.3, 0.4) is 0 Å². The first-order valence-electron chi connectivity index (χ1n) is 5.43. The Bertz CT molecular complexity index is 545. The molecule has 4 heteroatoms. The first kappa shape index (κ1) is 12.6. The molecule has 92 valence electrons. The summed E-state index contributed by atoms with van der Waals surface area (Å²) in [6, 6.07) is 14.9. The molecular weight excluding hydrogens is 253 g/mol. The van der Waals surface area contributed by atoms with Gasteiger partial charge in [0.2, 0.25) is 5.91 Å². The van der Waals surface area contributed by atoms with E-state index in [0.717, 1.165) is 0 Å². The van der Waals surface area contributed by atoms with Crippen LogP contribution in [0.25, 0.3) is 0 Å². The summed E-state index contributed by atoms with van der Waals surface area (Å²) in [7, 11) is 0. The number of nitrogens with one attached hydrogen (secondary N) is 1. The van der Waals surface area contributed by atoms with E-state index in [0.29, 0.717) is 5.56 Å². The maximum absolute atomic E-state index is 13.4. The Hall–Kier alpha value is -1.87. The molecule has 2 rings (SSSR count). The number of benzene rings is 2. The van der Waals surface area contributed by atoms with Crippen molar-refractivity contribution in [3.63, 3.8) is 0 Å². The minimum Gasteiger partial charge on any atom is -0.322 e. The fourth-order valence-electron chi connectivity index (χ4n) is 1.53. The smallest absolute Gasteiger partial charge is 0.247 e. The summed E-state index contributed by atoms with van der Waals surface area (Å²) in [6.07, 6.45) is 0. The van der Waals surface area contributed by atoms with Crippen LogP contribution < -0.4 is 5.32 Å². The lowest BCUT2D eigenvalue weighted by Crippen LogP contribution is -2.18. The highest BCUT2D eigenvalue weighted by Gasteiger charge is 2.18. The molecule has 0 saturated heterocycles. The van der Waals surface area contributed by atoms with E-state index in [1.807, 2.05) is 6.07 Å². The zero-order valence-electron chi connectivity index (χ0n) is 9.44. The van der Waals surface area contributed by atoms with E-state index in [1.54, 1.807) is 36.4 Å². The van der Waals surface area contributed by atoms with Crippen LogP contribution in [0.4, 0.5) is 10.1 Å². The minimum atomic E-state index is -0.842. The fourth-order valence-corrected chi connectivity index (χ4v) is 1.73. The molecule has 0 aliphatic carbocycles. The van der Waals surface area contributed by atoms with Crippen molar-refractivity contribution in [2.75, 3.05) is 5.32 Å². The lowest BCUT2D eigenvalue weighted by molar-refractivity contribution is -0.116. The fraction of sp³-hybridized carbons (Fsp3) is 0.0714. The number of amides is 1. The van der Waals surface area contributed by atoms with Gasteiger partial charge in [0.05, 0.1) is 5.69 Å². The Morgan fingerprint density at radius 3 is 2.33 bits per heavy atom. The van der Waals surface area contributed by atoms with Gasteiger partial charge in [0.25, 0.3) is 0 Å². The van der Waals surface area contributed by atoms with Crippen molar-refractivity contribution in [3.05, 3.63) is 66.0 Å². The maximum atomic E-state index is 13.4. The Morgan fingerprint density at radius 2 is 1.67 bits per heavy atom. The molecule has 0 bridgehead atoms. The molecule has 2 aromatic rings. The number of anilines is 1. The summed E-state index contributed by atoms with van der Waals surface area (Å²) in [5.41, 5.74) is 0.803. The van der Waals surface area contributed by atoms with Crippen LogP contribution in [0.1, 0.15) is 10.9 Å². The van der Waals surface area contributed by atoms with Crippen molar-refractivity contribution in [3.8, 4) is 0 Å². The van der Waals surface area contributed by atoms with E-state index >= 15 is 0 Å². The molecule has 0 heterocycles. The van der Waals surface area contributed by atoms with E-state index in [9.17, 15) is 9.18 Å². The summed E-state index contributed by atoms with van der Waals surface area (Å²) >= 11 is 6.02. The molecule has 0 spiro atoms. The highest BCUT2D eigenvalue weighted by atomic mass is 35.5. The lowest BCUT2D eigenvalue weighted by atomic mass is 10.1. The van der Waals surface area contributed by atoms with E-state index in [1.165, 1.54) is 12.1 Å².